The SMILES string of the molecule is CCc1ccc(CN(C)CCN(C2CCOCC2)[C@H]2CCCN(S(C)(=O)=O)C2)cc1. The van der Waals surface area contributed by atoms with Crippen molar-refractivity contribution in [3.05, 3.63) is 35.4 Å². The van der Waals surface area contributed by atoms with Gasteiger partial charge in [-0.25, -0.2) is 12.7 Å². The lowest BCUT2D eigenvalue weighted by molar-refractivity contribution is 0.00275. The summed E-state index contributed by atoms with van der Waals surface area (Å²) in [6.45, 7) is 7.96. The molecule has 30 heavy (non-hydrogen) atoms. The van der Waals surface area contributed by atoms with Gasteiger partial charge in [0.15, 0.2) is 0 Å². The second-order valence-electron chi connectivity index (χ2n) is 8.91. The van der Waals surface area contributed by atoms with E-state index in [0.717, 1.165) is 65.0 Å². The number of ether oxygens (including phenoxy) is 1. The minimum Gasteiger partial charge on any atom is -0.381 e. The van der Waals surface area contributed by atoms with Crippen LogP contribution in [0.5, 0.6) is 0 Å². The van der Waals surface area contributed by atoms with Crippen LogP contribution in [0.3, 0.4) is 0 Å². The molecule has 0 N–H and O–H groups in total. The molecule has 0 aliphatic carbocycles. The number of aryl methyl sites for hydroxylation is 1. The van der Waals surface area contributed by atoms with Crippen molar-refractivity contribution < 1.29 is 13.2 Å². The van der Waals surface area contributed by atoms with E-state index in [9.17, 15) is 8.42 Å². The van der Waals surface area contributed by atoms with Gasteiger partial charge in [0.05, 0.1) is 6.26 Å². The minimum absolute atomic E-state index is 0.300. The molecule has 1 aromatic carbocycles. The van der Waals surface area contributed by atoms with Gasteiger partial charge in [0.1, 0.15) is 0 Å². The van der Waals surface area contributed by atoms with Crippen molar-refractivity contribution in [2.24, 2.45) is 0 Å². The highest BCUT2D eigenvalue weighted by atomic mass is 32.2. The van der Waals surface area contributed by atoms with E-state index in [4.69, 9.17) is 4.74 Å². The fourth-order valence-electron chi connectivity index (χ4n) is 4.73. The molecule has 1 aromatic rings. The predicted molar refractivity (Wildman–Crippen MR) is 122 cm³/mol. The van der Waals surface area contributed by atoms with Gasteiger partial charge in [-0.3, -0.25) is 4.90 Å². The summed E-state index contributed by atoms with van der Waals surface area (Å²) in [4.78, 5) is 4.97. The summed E-state index contributed by atoms with van der Waals surface area (Å²) >= 11 is 0. The number of hydrogen-bond donors (Lipinski definition) is 0. The Kier molecular flexibility index (Phi) is 8.72. The van der Waals surface area contributed by atoms with Crippen molar-refractivity contribution in [2.45, 2.75) is 57.7 Å². The molecule has 0 amide bonds. The fraction of sp³-hybridized carbons (Fsp3) is 0.739. The molecule has 2 fully saturated rings. The summed E-state index contributed by atoms with van der Waals surface area (Å²) in [5.41, 5.74) is 2.72. The van der Waals surface area contributed by atoms with Crippen LogP contribution in [0, 0.1) is 0 Å². The molecule has 0 radical (unpaired) electrons. The Balaban J connectivity index is 1.61. The quantitative estimate of drug-likeness (QED) is 0.594. The van der Waals surface area contributed by atoms with E-state index in [1.165, 1.54) is 17.4 Å². The molecule has 170 valence electrons. The third-order valence-corrected chi connectivity index (χ3v) is 7.85. The number of rotatable bonds is 9. The first-order valence-corrected chi connectivity index (χ1v) is 13.3. The summed E-state index contributed by atoms with van der Waals surface area (Å²) in [5, 5.41) is 0. The third-order valence-electron chi connectivity index (χ3n) is 6.58. The fourth-order valence-corrected chi connectivity index (χ4v) is 5.63. The van der Waals surface area contributed by atoms with Crippen LogP contribution in [0.15, 0.2) is 24.3 Å². The summed E-state index contributed by atoms with van der Waals surface area (Å²) in [6.07, 6.45) is 6.51. The van der Waals surface area contributed by atoms with Crippen LogP contribution in [-0.4, -0.2) is 87.3 Å². The first kappa shape index (κ1) is 23.7. The van der Waals surface area contributed by atoms with Crippen LogP contribution < -0.4 is 0 Å². The van der Waals surface area contributed by atoms with Gasteiger partial charge >= 0.3 is 0 Å². The largest absolute Gasteiger partial charge is 0.381 e. The van der Waals surface area contributed by atoms with E-state index >= 15 is 0 Å². The van der Waals surface area contributed by atoms with Gasteiger partial charge < -0.3 is 9.64 Å². The Morgan fingerprint density at radius 1 is 1.03 bits per heavy atom. The monoisotopic (exact) mass is 437 g/mol. The molecule has 2 heterocycles. The summed E-state index contributed by atoms with van der Waals surface area (Å²) < 4.78 is 31.5. The summed E-state index contributed by atoms with van der Waals surface area (Å²) in [6, 6.07) is 9.70. The van der Waals surface area contributed by atoms with Crippen LogP contribution in [0.4, 0.5) is 0 Å². The lowest BCUT2D eigenvalue weighted by atomic mass is 9.99. The zero-order chi connectivity index (χ0) is 21.6. The maximum atomic E-state index is 12.1. The molecular formula is C23H39N3O3S. The number of likely N-dealkylation sites (N-methyl/N-ethyl adjacent to an activating group) is 1. The standard InChI is InChI=1S/C23H39N3O3S/c1-4-20-7-9-21(10-8-20)18-24(2)14-15-26(22-11-16-29-17-12-22)23-6-5-13-25(19-23)30(3,27)28/h7-10,22-23H,4-6,11-19H2,1-3H3/t23-/m0/s1. The molecule has 2 aliphatic rings. The average molecular weight is 438 g/mol. The molecule has 0 aromatic heterocycles. The van der Waals surface area contributed by atoms with E-state index in [2.05, 4.69) is 48.0 Å². The zero-order valence-electron chi connectivity index (χ0n) is 18.9. The van der Waals surface area contributed by atoms with Crippen LogP contribution in [0.2, 0.25) is 0 Å². The Morgan fingerprint density at radius 2 is 1.70 bits per heavy atom. The molecule has 6 nitrogen and oxygen atoms in total. The first-order chi connectivity index (χ1) is 14.4. The van der Waals surface area contributed by atoms with Crippen molar-refractivity contribution in [3.63, 3.8) is 0 Å². The highest BCUT2D eigenvalue weighted by Crippen LogP contribution is 2.24. The van der Waals surface area contributed by atoms with Gasteiger partial charge in [0.25, 0.3) is 0 Å². The van der Waals surface area contributed by atoms with Gasteiger partial charge in [0, 0.05) is 58.0 Å². The Bertz CT molecular complexity index is 747. The van der Waals surface area contributed by atoms with Gasteiger partial charge in [0.2, 0.25) is 10.0 Å². The maximum Gasteiger partial charge on any atom is 0.211 e. The molecule has 1 atom stereocenters. The number of nitrogens with zero attached hydrogens (tertiary/aromatic N) is 3. The van der Waals surface area contributed by atoms with E-state index in [1.54, 1.807) is 4.31 Å². The summed E-state index contributed by atoms with van der Waals surface area (Å²) in [5.74, 6) is 0. The Labute approximate surface area is 183 Å². The van der Waals surface area contributed by atoms with E-state index < -0.39 is 10.0 Å². The second kappa shape index (κ2) is 11.0. The molecule has 0 spiro atoms. The highest BCUT2D eigenvalue weighted by molar-refractivity contribution is 7.88. The number of sulfonamides is 1. The molecule has 0 saturated carbocycles. The molecular weight excluding hydrogens is 398 g/mol. The number of benzene rings is 1. The molecule has 2 aliphatic heterocycles. The van der Waals surface area contributed by atoms with Crippen LogP contribution in [0.1, 0.15) is 43.7 Å². The van der Waals surface area contributed by atoms with E-state index in [-0.39, 0.29) is 0 Å². The zero-order valence-corrected chi connectivity index (χ0v) is 19.7. The smallest absolute Gasteiger partial charge is 0.211 e. The van der Waals surface area contributed by atoms with Gasteiger partial charge in [-0.1, -0.05) is 31.2 Å². The van der Waals surface area contributed by atoms with Crippen molar-refractivity contribution in [1.29, 1.82) is 0 Å². The first-order valence-electron chi connectivity index (χ1n) is 11.4. The lowest BCUT2D eigenvalue weighted by Crippen LogP contribution is -2.55. The molecule has 2 saturated heterocycles. The molecule has 3 rings (SSSR count). The molecule has 0 unspecified atom stereocenters. The van der Waals surface area contributed by atoms with Crippen LogP contribution in [-0.2, 0) is 27.7 Å². The Morgan fingerprint density at radius 3 is 2.33 bits per heavy atom. The predicted octanol–water partition coefficient (Wildman–Crippen LogP) is 2.59. The number of hydrogen-bond acceptors (Lipinski definition) is 5. The van der Waals surface area contributed by atoms with Crippen molar-refractivity contribution >= 4 is 10.0 Å². The van der Waals surface area contributed by atoms with Gasteiger partial charge in [-0.05, 0) is 50.3 Å². The Hall–Kier alpha value is -0.990. The average Bonchev–Trinajstić information content (AvgIpc) is 2.75. The normalized spacial score (nSPS) is 22.1. The van der Waals surface area contributed by atoms with Crippen molar-refractivity contribution in [3.8, 4) is 0 Å². The number of piperidine rings is 1. The van der Waals surface area contributed by atoms with E-state index in [1.807, 2.05) is 0 Å². The molecule has 7 heteroatoms. The minimum atomic E-state index is -3.13. The van der Waals surface area contributed by atoms with Crippen molar-refractivity contribution in [1.82, 2.24) is 14.1 Å². The van der Waals surface area contributed by atoms with Gasteiger partial charge in [-0.15, -0.1) is 0 Å². The highest BCUT2D eigenvalue weighted by Gasteiger charge is 2.33. The van der Waals surface area contributed by atoms with Crippen LogP contribution in [0.25, 0.3) is 0 Å². The van der Waals surface area contributed by atoms with Crippen LogP contribution >= 0.6 is 0 Å². The maximum absolute atomic E-state index is 12.1. The van der Waals surface area contributed by atoms with Crippen molar-refractivity contribution in [2.75, 3.05) is 52.7 Å². The third kappa shape index (κ3) is 6.76. The van der Waals surface area contributed by atoms with E-state index in [0.29, 0.717) is 25.2 Å². The lowest BCUT2D eigenvalue weighted by Gasteiger charge is -2.44. The molecule has 0 bridgehead atoms. The summed E-state index contributed by atoms with van der Waals surface area (Å²) in [7, 11) is -0.949. The van der Waals surface area contributed by atoms with Gasteiger partial charge in [-0.2, -0.15) is 0 Å². The topological polar surface area (TPSA) is 53.1 Å². The second-order valence-corrected chi connectivity index (χ2v) is 10.9.